The molecule has 176 valence electrons. The van der Waals surface area contributed by atoms with Crippen LogP contribution in [0.5, 0.6) is 11.5 Å². The zero-order chi connectivity index (χ0) is 24.3. The van der Waals surface area contributed by atoms with Crippen LogP contribution in [-0.2, 0) is 14.4 Å². The largest absolute Gasteiger partial charge is 0.512 e. The van der Waals surface area contributed by atoms with Crippen molar-refractivity contribution in [1.29, 1.82) is 0 Å². The van der Waals surface area contributed by atoms with E-state index in [0.29, 0.717) is 0 Å². The Balaban J connectivity index is 1.96. The number of rotatable bonds is 4. The van der Waals surface area contributed by atoms with Crippen molar-refractivity contribution in [2.75, 3.05) is 6.79 Å². The number of nitro benzene ring substituents is 1. The second-order valence-corrected chi connectivity index (χ2v) is 10.7. The molecule has 9 heteroatoms. The minimum Gasteiger partial charge on any atom is -0.512 e. The fraction of sp³-hybridized carbons (Fsp3) is 0.542. The summed E-state index contributed by atoms with van der Waals surface area (Å²) in [4.78, 5) is 51.2. The van der Waals surface area contributed by atoms with Gasteiger partial charge in [0.2, 0.25) is 6.79 Å². The van der Waals surface area contributed by atoms with Gasteiger partial charge in [0.05, 0.1) is 16.9 Å². The molecular formula is C24H27NO8. The minimum absolute atomic E-state index is 0.00902. The summed E-state index contributed by atoms with van der Waals surface area (Å²) in [6.07, 6.45) is 0.420. The van der Waals surface area contributed by atoms with Gasteiger partial charge in [-0.2, -0.15) is 0 Å². The van der Waals surface area contributed by atoms with Gasteiger partial charge in [0.25, 0.3) is 5.69 Å². The van der Waals surface area contributed by atoms with E-state index in [1.807, 2.05) is 27.7 Å². The van der Waals surface area contributed by atoms with Gasteiger partial charge in [-0.05, 0) is 16.9 Å². The van der Waals surface area contributed by atoms with Crippen molar-refractivity contribution in [1.82, 2.24) is 0 Å². The molecule has 1 N–H and O–H groups in total. The van der Waals surface area contributed by atoms with Crippen molar-refractivity contribution in [2.24, 2.45) is 16.7 Å². The third kappa shape index (κ3) is 4.12. The number of Topliss-reactive ketones (excluding diaryl/α,β-unsaturated/α-hetero) is 3. The molecule has 0 radical (unpaired) electrons. The molecule has 1 saturated carbocycles. The molecule has 9 nitrogen and oxygen atoms in total. The molecule has 0 aromatic heterocycles. The Labute approximate surface area is 190 Å². The molecule has 0 saturated heterocycles. The molecule has 0 unspecified atom stereocenters. The summed E-state index contributed by atoms with van der Waals surface area (Å²) in [5.74, 6) is -3.65. The van der Waals surface area contributed by atoms with E-state index in [9.17, 15) is 29.6 Å². The third-order valence-electron chi connectivity index (χ3n) is 6.59. The lowest BCUT2D eigenvalue weighted by Crippen LogP contribution is -2.43. The van der Waals surface area contributed by atoms with Gasteiger partial charge in [0.1, 0.15) is 17.3 Å². The average molecular weight is 457 g/mol. The molecule has 0 bridgehead atoms. The molecule has 33 heavy (non-hydrogen) atoms. The first-order valence-electron chi connectivity index (χ1n) is 10.9. The third-order valence-corrected chi connectivity index (χ3v) is 6.59. The maximum atomic E-state index is 13.3. The van der Waals surface area contributed by atoms with Crippen molar-refractivity contribution in [2.45, 2.75) is 59.3 Å². The van der Waals surface area contributed by atoms with Crippen molar-refractivity contribution < 1.29 is 33.9 Å². The van der Waals surface area contributed by atoms with E-state index in [0.717, 1.165) is 0 Å². The summed E-state index contributed by atoms with van der Waals surface area (Å²) in [6.45, 7) is 7.14. The number of ketones is 3. The number of hydrogen-bond donors (Lipinski definition) is 1. The monoisotopic (exact) mass is 457 g/mol. The summed E-state index contributed by atoms with van der Waals surface area (Å²) < 4.78 is 10.7. The van der Waals surface area contributed by atoms with Crippen LogP contribution in [0.2, 0.25) is 0 Å². The summed E-state index contributed by atoms with van der Waals surface area (Å²) >= 11 is 0. The smallest absolute Gasteiger partial charge is 0.277 e. The van der Waals surface area contributed by atoms with Gasteiger partial charge >= 0.3 is 0 Å². The summed E-state index contributed by atoms with van der Waals surface area (Å²) in [6, 6.07) is 2.54. The van der Waals surface area contributed by atoms with Crippen LogP contribution in [-0.4, -0.2) is 34.2 Å². The molecule has 1 heterocycles. The molecule has 1 aromatic rings. The fourth-order valence-electron chi connectivity index (χ4n) is 5.29. The number of aliphatic hydroxyl groups is 1. The Morgan fingerprint density at radius 2 is 1.52 bits per heavy atom. The first kappa shape index (κ1) is 22.9. The molecular weight excluding hydrogens is 430 g/mol. The predicted octanol–water partition coefficient (Wildman–Crippen LogP) is 4.18. The number of carbonyl (C=O) groups excluding carboxylic acids is 3. The standard InChI is InChI=1S/C24H27NO8/c1-23(2)7-14(26)21(15(27)8-23)20(22-16(28)9-24(3,4)10-17(22)29)12-5-18-19(33-11-32-18)6-13(12)25(30)31/h5-6,20-21,28H,7-11H2,1-4H3/t20-/m1/s1. The van der Waals surface area contributed by atoms with E-state index in [-0.39, 0.29) is 60.9 Å². The zero-order valence-electron chi connectivity index (χ0n) is 19.1. The lowest BCUT2D eigenvalue weighted by molar-refractivity contribution is -0.385. The highest BCUT2D eigenvalue weighted by Gasteiger charge is 2.50. The van der Waals surface area contributed by atoms with E-state index in [1.54, 1.807) is 0 Å². The Hall–Kier alpha value is -3.23. The molecule has 3 aliphatic rings. The summed E-state index contributed by atoms with van der Waals surface area (Å²) in [7, 11) is 0. The van der Waals surface area contributed by atoms with E-state index >= 15 is 0 Å². The number of hydrogen-bond acceptors (Lipinski definition) is 8. The van der Waals surface area contributed by atoms with Crippen molar-refractivity contribution >= 4 is 23.0 Å². The highest BCUT2D eigenvalue weighted by molar-refractivity contribution is 6.09. The number of fused-ring (bicyclic) bond motifs is 1. The molecule has 1 atom stereocenters. The van der Waals surface area contributed by atoms with Crippen molar-refractivity contribution in [3.8, 4) is 11.5 Å². The molecule has 2 aliphatic carbocycles. The average Bonchev–Trinajstić information content (AvgIpc) is 3.10. The maximum absolute atomic E-state index is 13.3. The zero-order valence-corrected chi connectivity index (χ0v) is 19.1. The van der Waals surface area contributed by atoms with Crippen LogP contribution >= 0.6 is 0 Å². The number of allylic oxidation sites excluding steroid dienone is 2. The van der Waals surface area contributed by atoms with Gasteiger partial charge < -0.3 is 14.6 Å². The Kier molecular flexibility index (Phi) is 5.34. The van der Waals surface area contributed by atoms with Gasteiger partial charge in [-0.3, -0.25) is 24.5 Å². The highest BCUT2D eigenvalue weighted by Crippen LogP contribution is 2.51. The fourth-order valence-corrected chi connectivity index (χ4v) is 5.29. The van der Waals surface area contributed by atoms with E-state index in [1.165, 1.54) is 12.1 Å². The Morgan fingerprint density at radius 1 is 0.970 bits per heavy atom. The number of benzene rings is 1. The van der Waals surface area contributed by atoms with Crippen molar-refractivity contribution in [3.05, 3.63) is 39.1 Å². The minimum atomic E-state index is -1.31. The number of ether oxygens (including phenoxy) is 2. The van der Waals surface area contributed by atoms with Crippen LogP contribution < -0.4 is 9.47 Å². The lowest BCUT2D eigenvalue weighted by Gasteiger charge is -2.38. The first-order chi connectivity index (χ1) is 15.3. The first-order valence-corrected chi connectivity index (χ1v) is 10.9. The molecule has 4 rings (SSSR count). The molecule has 1 fully saturated rings. The number of nitrogens with zero attached hydrogens (tertiary/aromatic N) is 1. The molecule has 0 amide bonds. The number of aliphatic hydroxyl groups excluding tert-OH is 1. The molecule has 0 spiro atoms. The topological polar surface area (TPSA) is 133 Å². The summed E-state index contributed by atoms with van der Waals surface area (Å²) in [5.41, 5.74) is -1.57. The Morgan fingerprint density at radius 3 is 2.06 bits per heavy atom. The van der Waals surface area contributed by atoms with Gasteiger partial charge in [-0.15, -0.1) is 0 Å². The predicted molar refractivity (Wildman–Crippen MR) is 116 cm³/mol. The van der Waals surface area contributed by atoms with E-state index in [4.69, 9.17) is 9.47 Å². The van der Waals surface area contributed by atoms with Gasteiger partial charge in [-0.25, -0.2) is 0 Å². The van der Waals surface area contributed by atoms with Crippen LogP contribution in [0.4, 0.5) is 5.69 Å². The van der Waals surface area contributed by atoms with Crippen LogP contribution in [0.25, 0.3) is 0 Å². The molecule has 1 aliphatic heterocycles. The highest BCUT2D eigenvalue weighted by atomic mass is 16.7. The maximum Gasteiger partial charge on any atom is 0.277 e. The second kappa shape index (κ2) is 7.67. The van der Waals surface area contributed by atoms with Gasteiger partial charge in [0, 0.05) is 42.7 Å². The summed E-state index contributed by atoms with van der Waals surface area (Å²) in [5, 5.41) is 22.9. The number of carbonyl (C=O) groups is 3. The second-order valence-electron chi connectivity index (χ2n) is 10.7. The normalized spacial score (nSPS) is 23.1. The van der Waals surface area contributed by atoms with Crippen LogP contribution in [0, 0.1) is 26.9 Å². The van der Waals surface area contributed by atoms with Gasteiger partial charge in [0.15, 0.2) is 17.3 Å². The quantitative estimate of drug-likeness (QED) is 0.404. The van der Waals surface area contributed by atoms with Gasteiger partial charge in [-0.1, -0.05) is 27.7 Å². The van der Waals surface area contributed by atoms with Crippen LogP contribution in [0.3, 0.4) is 0 Å². The van der Waals surface area contributed by atoms with E-state index < -0.39 is 50.6 Å². The van der Waals surface area contributed by atoms with Crippen LogP contribution in [0.15, 0.2) is 23.5 Å². The lowest BCUT2D eigenvalue weighted by atomic mass is 9.62. The SMILES string of the molecule is CC1(C)CC(=O)C([C@H](C2=C(O)CC(C)(C)CC2=O)c2cc3c(cc2[N+](=O)[O-])OCO3)C(=O)C1. The van der Waals surface area contributed by atoms with Crippen LogP contribution in [0.1, 0.15) is 64.9 Å². The van der Waals surface area contributed by atoms with Crippen molar-refractivity contribution in [3.63, 3.8) is 0 Å². The number of nitro groups is 1. The Bertz CT molecular complexity index is 1090. The van der Waals surface area contributed by atoms with E-state index in [2.05, 4.69) is 0 Å². The molecule has 1 aromatic carbocycles.